The smallest absolute Gasteiger partial charge is 0.295 e. The summed E-state index contributed by atoms with van der Waals surface area (Å²) in [4.78, 5) is 4.60. The Morgan fingerprint density at radius 1 is 1.07 bits per heavy atom. The van der Waals surface area contributed by atoms with Crippen LogP contribution < -0.4 is 10.1 Å². The SMILES string of the molecule is Cc1ccc(OC2=NCC3=CC(c4ccccc4C(C)C)C(Cl)C=C3N2)cc1C. The van der Waals surface area contributed by atoms with Crippen LogP contribution in [0.3, 0.4) is 0 Å². The van der Waals surface area contributed by atoms with Gasteiger partial charge in [-0.1, -0.05) is 50.3 Å². The third kappa shape index (κ3) is 4.11. The molecule has 29 heavy (non-hydrogen) atoms. The molecule has 1 aliphatic heterocycles. The molecule has 0 aromatic heterocycles. The fourth-order valence-corrected chi connectivity index (χ4v) is 4.22. The minimum Gasteiger partial charge on any atom is -0.426 e. The van der Waals surface area contributed by atoms with E-state index < -0.39 is 0 Å². The second kappa shape index (κ2) is 8.08. The lowest BCUT2D eigenvalue weighted by atomic mass is 9.82. The summed E-state index contributed by atoms with van der Waals surface area (Å²) in [6, 6.07) is 15.2. The van der Waals surface area contributed by atoms with Gasteiger partial charge in [-0.05, 0) is 65.8 Å². The van der Waals surface area contributed by atoms with Crippen LogP contribution in [0.25, 0.3) is 0 Å². The van der Waals surface area contributed by atoms with E-state index in [1.54, 1.807) is 0 Å². The Balaban J connectivity index is 1.57. The Morgan fingerprint density at radius 3 is 2.62 bits per heavy atom. The number of hydrogen-bond acceptors (Lipinski definition) is 3. The van der Waals surface area contributed by atoms with Crippen molar-refractivity contribution in [3.63, 3.8) is 0 Å². The van der Waals surface area contributed by atoms with E-state index in [1.165, 1.54) is 22.3 Å². The number of allylic oxidation sites excluding steroid dienone is 2. The van der Waals surface area contributed by atoms with Crippen molar-refractivity contribution < 1.29 is 4.74 Å². The van der Waals surface area contributed by atoms with Gasteiger partial charge in [0.25, 0.3) is 6.02 Å². The van der Waals surface area contributed by atoms with Crippen LogP contribution in [0.5, 0.6) is 5.75 Å². The summed E-state index contributed by atoms with van der Waals surface area (Å²) in [7, 11) is 0. The van der Waals surface area contributed by atoms with Crippen molar-refractivity contribution in [3.05, 3.63) is 88.1 Å². The van der Waals surface area contributed by atoms with E-state index in [0.717, 1.165) is 17.0 Å². The Labute approximate surface area is 178 Å². The number of fused-ring (bicyclic) bond motifs is 1. The van der Waals surface area contributed by atoms with Gasteiger partial charge in [-0.25, -0.2) is 4.99 Å². The second-order valence-corrected chi connectivity index (χ2v) is 8.62. The van der Waals surface area contributed by atoms with Gasteiger partial charge in [0.1, 0.15) is 5.75 Å². The van der Waals surface area contributed by atoms with E-state index >= 15 is 0 Å². The third-order valence-corrected chi connectivity index (χ3v) is 6.10. The van der Waals surface area contributed by atoms with E-state index in [9.17, 15) is 0 Å². The van der Waals surface area contributed by atoms with Gasteiger partial charge in [-0.15, -0.1) is 11.6 Å². The zero-order valence-corrected chi connectivity index (χ0v) is 18.1. The summed E-state index contributed by atoms with van der Waals surface area (Å²) in [5.74, 6) is 1.39. The van der Waals surface area contributed by atoms with Crippen molar-refractivity contribution in [2.24, 2.45) is 4.99 Å². The number of benzene rings is 2. The van der Waals surface area contributed by atoms with Gasteiger partial charge in [-0.2, -0.15) is 0 Å². The maximum atomic E-state index is 6.82. The lowest BCUT2D eigenvalue weighted by Crippen LogP contribution is -2.36. The molecule has 2 aromatic rings. The van der Waals surface area contributed by atoms with Crippen LogP contribution in [0, 0.1) is 13.8 Å². The first-order valence-electron chi connectivity index (χ1n) is 10.1. The molecule has 0 fully saturated rings. The topological polar surface area (TPSA) is 33.6 Å². The van der Waals surface area contributed by atoms with Crippen LogP contribution in [0.2, 0.25) is 0 Å². The minimum atomic E-state index is -0.123. The highest BCUT2D eigenvalue weighted by atomic mass is 35.5. The lowest BCUT2D eigenvalue weighted by Gasteiger charge is -2.30. The number of hydrogen-bond donors (Lipinski definition) is 1. The first-order chi connectivity index (χ1) is 13.9. The molecule has 0 radical (unpaired) electrons. The van der Waals surface area contributed by atoms with Crippen LogP contribution in [0.4, 0.5) is 0 Å². The van der Waals surface area contributed by atoms with Gasteiger partial charge >= 0.3 is 0 Å². The van der Waals surface area contributed by atoms with E-state index in [1.807, 2.05) is 12.1 Å². The maximum absolute atomic E-state index is 6.82. The van der Waals surface area contributed by atoms with Crippen molar-refractivity contribution in [1.29, 1.82) is 0 Å². The molecule has 4 heteroatoms. The number of ether oxygens (including phenoxy) is 1. The zero-order chi connectivity index (χ0) is 20.5. The number of halogens is 1. The molecule has 2 unspecified atom stereocenters. The minimum absolute atomic E-state index is 0.123. The van der Waals surface area contributed by atoms with E-state index in [0.29, 0.717) is 18.5 Å². The molecule has 2 aromatic carbocycles. The van der Waals surface area contributed by atoms with Gasteiger partial charge in [0.05, 0.1) is 11.9 Å². The summed E-state index contributed by atoms with van der Waals surface area (Å²) < 4.78 is 5.97. The molecular formula is C25H27ClN2O. The molecule has 0 amide bonds. The molecule has 2 aliphatic rings. The molecule has 1 N–H and O–H groups in total. The molecule has 1 aliphatic carbocycles. The molecule has 2 atom stereocenters. The molecular weight excluding hydrogens is 380 g/mol. The average molecular weight is 407 g/mol. The number of aryl methyl sites for hydroxylation is 2. The van der Waals surface area contributed by atoms with Crippen LogP contribution in [0.15, 0.2) is 70.9 Å². The Morgan fingerprint density at radius 2 is 1.86 bits per heavy atom. The van der Waals surface area contributed by atoms with Gasteiger partial charge in [0, 0.05) is 11.6 Å². The third-order valence-electron chi connectivity index (χ3n) is 5.70. The fourth-order valence-electron chi connectivity index (χ4n) is 3.89. The normalized spacial score (nSPS) is 21.0. The number of alkyl halides is 1. The Bertz CT molecular complexity index is 1020. The first-order valence-corrected chi connectivity index (χ1v) is 10.6. The number of nitrogens with zero attached hydrogens (tertiary/aromatic N) is 1. The lowest BCUT2D eigenvalue weighted by molar-refractivity contribution is 0.517. The average Bonchev–Trinajstić information content (AvgIpc) is 2.70. The standard InChI is InChI=1S/C25H27ClN2O/c1-15(2)20-7-5-6-8-21(20)22-12-18-14-27-25(28-24(18)13-23(22)26)29-19-10-9-16(3)17(4)11-19/h5-13,15,22-23H,14H2,1-4H3,(H,27,28). The van der Waals surface area contributed by atoms with Crippen LogP contribution >= 0.6 is 11.6 Å². The number of amidine groups is 1. The number of nitrogens with one attached hydrogen (secondary N) is 1. The van der Waals surface area contributed by atoms with Crippen LogP contribution in [-0.4, -0.2) is 17.9 Å². The van der Waals surface area contributed by atoms with Crippen LogP contribution in [-0.2, 0) is 0 Å². The summed E-state index contributed by atoms with van der Waals surface area (Å²) in [5.41, 5.74) is 7.25. The van der Waals surface area contributed by atoms with Crippen molar-refractivity contribution >= 4 is 17.6 Å². The largest absolute Gasteiger partial charge is 0.426 e. The molecule has 4 rings (SSSR count). The van der Waals surface area contributed by atoms with Gasteiger partial charge in [0.15, 0.2) is 0 Å². The fraction of sp³-hybridized carbons (Fsp3) is 0.320. The van der Waals surface area contributed by atoms with Crippen LogP contribution in [0.1, 0.15) is 47.9 Å². The van der Waals surface area contributed by atoms with Gasteiger partial charge in [-0.3, -0.25) is 0 Å². The molecule has 0 saturated heterocycles. The van der Waals surface area contributed by atoms with Crippen molar-refractivity contribution in [2.45, 2.75) is 44.9 Å². The van der Waals surface area contributed by atoms with E-state index in [4.69, 9.17) is 16.3 Å². The first kappa shape index (κ1) is 19.8. The quantitative estimate of drug-likeness (QED) is 0.636. The summed E-state index contributed by atoms with van der Waals surface area (Å²) in [6.07, 6.45) is 4.36. The van der Waals surface area contributed by atoms with Crippen molar-refractivity contribution in [3.8, 4) is 5.75 Å². The molecule has 0 saturated carbocycles. The molecule has 0 spiro atoms. The highest BCUT2D eigenvalue weighted by Crippen LogP contribution is 2.37. The predicted octanol–water partition coefficient (Wildman–Crippen LogP) is 5.98. The van der Waals surface area contributed by atoms with Crippen molar-refractivity contribution in [2.75, 3.05) is 6.54 Å². The predicted molar refractivity (Wildman–Crippen MR) is 121 cm³/mol. The Hall–Kier alpha value is -2.52. The highest BCUT2D eigenvalue weighted by molar-refractivity contribution is 6.22. The van der Waals surface area contributed by atoms with Gasteiger partial charge in [0.2, 0.25) is 0 Å². The Kier molecular flexibility index (Phi) is 5.51. The number of aliphatic imine (C=N–C) groups is 1. The van der Waals surface area contributed by atoms with Crippen molar-refractivity contribution in [1.82, 2.24) is 5.32 Å². The summed E-state index contributed by atoms with van der Waals surface area (Å²) in [5, 5.41) is 3.19. The zero-order valence-electron chi connectivity index (χ0n) is 17.4. The molecule has 0 bridgehead atoms. The molecule has 150 valence electrons. The monoisotopic (exact) mass is 406 g/mol. The van der Waals surface area contributed by atoms with Gasteiger partial charge < -0.3 is 10.1 Å². The number of rotatable bonds is 3. The second-order valence-electron chi connectivity index (χ2n) is 8.12. The highest BCUT2D eigenvalue weighted by Gasteiger charge is 2.29. The molecule has 3 nitrogen and oxygen atoms in total. The van der Waals surface area contributed by atoms with E-state index in [-0.39, 0.29) is 11.3 Å². The van der Waals surface area contributed by atoms with E-state index in [2.05, 4.69) is 80.5 Å². The summed E-state index contributed by atoms with van der Waals surface area (Å²) in [6.45, 7) is 9.21. The summed E-state index contributed by atoms with van der Waals surface area (Å²) >= 11 is 6.82. The molecule has 1 heterocycles. The maximum Gasteiger partial charge on any atom is 0.295 e.